The molecule has 0 saturated carbocycles. The molecule has 5 nitrogen and oxygen atoms in total. The van der Waals surface area contributed by atoms with Crippen LogP contribution in [0.2, 0.25) is 0 Å². The lowest BCUT2D eigenvalue weighted by molar-refractivity contribution is -0.116. The smallest absolute Gasteiger partial charge is 0.251 e. The fourth-order valence-corrected chi connectivity index (χ4v) is 3.99. The Bertz CT molecular complexity index is 624. The highest BCUT2D eigenvalue weighted by Crippen LogP contribution is 2.14. The molecule has 0 aliphatic carbocycles. The third kappa shape index (κ3) is 11.3. The van der Waals surface area contributed by atoms with Gasteiger partial charge in [-0.15, -0.1) is 0 Å². The van der Waals surface area contributed by atoms with Gasteiger partial charge >= 0.3 is 0 Å². The van der Waals surface area contributed by atoms with Gasteiger partial charge in [0.2, 0.25) is 5.91 Å². The van der Waals surface area contributed by atoms with Crippen LogP contribution in [0.5, 0.6) is 0 Å². The topological polar surface area (TPSA) is 67.4 Å². The minimum absolute atomic E-state index is 0.0477. The average molecular weight is 431 g/mol. The zero-order valence-electron chi connectivity index (χ0n) is 19.4. The van der Waals surface area contributed by atoms with E-state index < -0.39 is 0 Å². The maximum atomic E-state index is 12.2. The first-order valence-electron chi connectivity index (χ1n) is 12.5. The van der Waals surface area contributed by atoms with Gasteiger partial charge in [-0.25, -0.2) is 0 Å². The minimum Gasteiger partial charge on any atom is -0.376 e. The third-order valence-electron chi connectivity index (χ3n) is 5.95. The van der Waals surface area contributed by atoms with E-state index in [9.17, 15) is 9.59 Å². The van der Waals surface area contributed by atoms with Gasteiger partial charge in [-0.2, -0.15) is 0 Å². The molecule has 31 heavy (non-hydrogen) atoms. The second kappa shape index (κ2) is 15.9. The number of rotatable bonds is 16. The quantitative estimate of drug-likeness (QED) is 0.305. The molecule has 2 amide bonds. The van der Waals surface area contributed by atoms with Crippen molar-refractivity contribution < 1.29 is 14.3 Å². The van der Waals surface area contributed by atoms with Crippen molar-refractivity contribution in [2.24, 2.45) is 0 Å². The summed E-state index contributed by atoms with van der Waals surface area (Å²) in [6, 6.07) is 7.09. The number of carbonyl (C=O) groups excluding carboxylic acids is 2. The number of nitrogens with one attached hydrogen (secondary N) is 2. The fraction of sp³-hybridized carbons (Fsp3) is 0.692. The summed E-state index contributed by atoms with van der Waals surface area (Å²) in [7, 11) is 0. The van der Waals surface area contributed by atoms with Crippen molar-refractivity contribution in [3.8, 4) is 0 Å². The van der Waals surface area contributed by atoms with Crippen LogP contribution < -0.4 is 10.6 Å². The third-order valence-corrected chi connectivity index (χ3v) is 5.95. The molecule has 1 heterocycles. The monoisotopic (exact) mass is 430 g/mol. The van der Waals surface area contributed by atoms with Crippen LogP contribution in [-0.4, -0.2) is 31.1 Å². The first-order valence-corrected chi connectivity index (χ1v) is 12.5. The summed E-state index contributed by atoms with van der Waals surface area (Å²) in [5.74, 6) is -0.0548. The Labute approximate surface area is 188 Å². The van der Waals surface area contributed by atoms with Crippen LogP contribution in [0.4, 0.5) is 5.69 Å². The summed E-state index contributed by atoms with van der Waals surface area (Å²) >= 11 is 0. The predicted molar refractivity (Wildman–Crippen MR) is 127 cm³/mol. The molecule has 174 valence electrons. The molecule has 2 N–H and O–H groups in total. The van der Waals surface area contributed by atoms with Crippen LogP contribution in [-0.2, 0) is 9.53 Å². The Morgan fingerprint density at radius 1 is 0.903 bits per heavy atom. The summed E-state index contributed by atoms with van der Waals surface area (Å²) in [5.41, 5.74) is 1.34. The Kier molecular flexibility index (Phi) is 13.0. The van der Waals surface area contributed by atoms with Crippen molar-refractivity contribution in [2.45, 2.75) is 103 Å². The van der Waals surface area contributed by atoms with Crippen LogP contribution in [0, 0.1) is 0 Å². The second-order valence-electron chi connectivity index (χ2n) is 8.76. The fourth-order valence-electron chi connectivity index (χ4n) is 3.99. The van der Waals surface area contributed by atoms with Gasteiger partial charge in [-0.05, 0) is 43.5 Å². The van der Waals surface area contributed by atoms with Gasteiger partial charge in [0, 0.05) is 30.8 Å². The molecule has 0 spiro atoms. The van der Waals surface area contributed by atoms with E-state index in [1.54, 1.807) is 24.3 Å². The zero-order chi connectivity index (χ0) is 22.2. The highest BCUT2D eigenvalue weighted by Gasteiger charge is 2.16. The van der Waals surface area contributed by atoms with Crippen LogP contribution in [0.15, 0.2) is 24.3 Å². The molecular weight excluding hydrogens is 388 g/mol. The summed E-state index contributed by atoms with van der Waals surface area (Å²) in [6.07, 6.45) is 16.8. The summed E-state index contributed by atoms with van der Waals surface area (Å²) in [5, 5.41) is 5.84. The Morgan fingerprint density at radius 3 is 2.10 bits per heavy atom. The summed E-state index contributed by atoms with van der Waals surface area (Å²) in [6.45, 7) is 3.59. The number of anilines is 1. The minimum atomic E-state index is -0.102. The zero-order valence-corrected chi connectivity index (χ0v) is 19.4. The lowest BCUT2D eigenvalue weighted by Gasteiger charge is -2.11. The average Bonchev–Trinajstić information content (AvgIpc) is 3.30. The van der Waals surface area contributed by atoms with E-state index in [1.165, 1.54) is 57.8 Å². The van der Waals surface area contributed by atoms with Gasteiger partial charge in [-0.3, -0.25) is 9.59 Å². The maximum Gasteiger partial charge on any atom is 0.251 e. The van der Waals surface area contributed by atoms with E-state index in [4.69, 9.17) is 4.74 Å². The molecule has 1 saturated heterocycles. The lowest BCUT2D eigenvalue weighted by Crippen LogP contribution is -2.31. The number of ether oxygens (including phenoxy) is 1. The number of amides is 2. The molecule has 0 aromatic heterocycles. The number of hydrogen-bond donors (Lipinski definition) is 2. The van der Waals surface area contributed by atoms with Crippen molar-refractivity contribution in [3.63, 3.8) is 0 Å². The number of benzene rings is 1. The van der Waals surface area contributed by atoms with Crippen LogP contribution >= 0.6 is 0 Å². The molecule has 1 atom stereocenters. The normalized spacial score (nSPS) is 15.7. The first kappa shape index (κ1) is 25.4. The predicted octanol–water partition coefficient (Wildman–Crippen LogP) is 6.24. The standard InChI is InChI=1S/C26H42N2O3/c1-2-3-4-5-6-7-8-9-10-11-12-15-25(29)28-23-18-16-22(17-19-23)26(30)27-21-24-14-13-20-31-24/h16-19,24H,2-15,20-21H2,1H3,(H,27,30)(H,28,29). The Morgan fingerprint density at radius 2 is 1.52 bits per heavy atom. The van der Waals surface area contributed by atoms with E-state index in [0.717, 1.165) is 38.0 Å². The van der Waals surface area contributed by atoms with Crippen LogP contribution in [0.3, 0.4) is 0 Å². The van der Waals surface area contributed by atoms with E-state index in [0.29, 0.717) is 18.5 Å². The molecular formula is C26H42N2O3. The van der Waals surface area contributed by atoms with Gasteiger partial charge < -0.3 is 15.4 Å². The first-order chi connectivity index (χ1) is 15.2. The van der Waals surface area contributed by atoms with E-state index >= 15 is 0 Å². The maximum absolute atomic E-state index is 12.2. The molecule has 1 unspecified atom stereocenters. The SMILES string of the molecule is CCCCCCCCCCCCCC(=O)Nc1ccc(C(=O)NCC2CCCO2)cc1. The van der Waals surface area contributed by atoms with Crippen LogP contribution in [0.1, 0.15) is 107 Å². The van der Waals surface area contributed by atoms with Crippen molar-refractivity contribution >= 4 is 17.5 Å². The molecule has 0 radical (unpaired) electrons. The van der Waals surface area contributed by atoms with Crippen LogP contribution in [0.25, 0.3) is 0 Å². The lowest BCUT2D eigenvalue weighted by atomic mass is 10.1. The summed E-state index contributed by atoms with van der Waals surface area (Å²) < 4.78 is 5.52. The highest BCUT2D eigenvalue weighted by molar-refractivity contribution is 5.95. The van der Waals surface area contributed by atoms with Crippen molar-refractivity contribution in [2.75, 3.05) is 18.5 Å². The largest absolute Gasteiger partial charge is 0.376 e. The van der Waals surface area contributed by atoms with E-state index in [1.807, 2.05) is 0 Å². The van der Waals surface area contributed by atoms with Crippen molar-refractivity contribution in [1.29, 1.82) is 0 Å². The van der Waals surface area contributed by atoms with Gasteiger partial charge in [-0.1, -0.05) is 71.1 Å². The molecule has 5 heteroatoms. The number of hydrogen-bond acceptors (Lipinski definition) is 3. The molecule has 1 aromatic rings. The molecule has 1 fully saturated rings. The molecule has 1 aliphatic heterocycles. The molecule has 0 bridgehead atoms. The molecule has 1 aromatic carbocycles. The van der Waals surface area contributed by atoms with Crippen molar-refractivity contribution in [1.82, 2.24) is 5.32 Å². The molecule has 1 aliphatic rings. The highest BCUT2D eigenvalue weighted by atomic mass is 16.5. The van der Waals surface area contributed by atoms with E-state index in [-0.39, 0.29) is 17.9 Å². The summed E-state index contributed by atoms with van der Waals surface area (Å²) in [4.78, 5) is 24.3. The van der Waals surface area contributed by atoms with Gasteiger partial charge in [0.05, 0.1) is 6.10 Å². The molecule has 2 rings (SSSR count). The Balaban J connectivity index is 1.50. The second-order valence-corrected chi connectivity index (χ2v) is 8.76. The van der Waals surface area contributed by atoms with Gasteiger partial charge in [0.15, 0.2) is 0 Å². The number of unbranched alkanes of at least 4 members (excludes halogenated alkanes) is 10. The van der Waals surface area contributed by atoms with E-state index in [2.05, 4.69) is 17.6 Å². The van der Waals surface area contributed by atoms with Crippen molar-refractivity contribution in [3.05, 3.63) is 29.8 Å². The Hall–Kier alpha value is -1.88. The van der Waals surface area contributed by atoms with Gasteiger partial charge in [0.1, 0.15) is 0 Å². The van der Waals surface area contributed by atoms with Gasteiger partial charge in [0.25, 0.3) is 5.91 Å². The number of carbonyl (C=O) groups is 2.